The number of likely N-dealkylation sites (tertiary alicyclic amines) is 1. The smallest absolute Gasteiger partial charge is 0.320 e. The first-order valence-corrected chi connectivity index (χ1v) is 8.34. The van der Waals surface area contributed by atoms with E-state index in [2.05, 4.69) is 11.0 Å². The Labute approximate surface area is 128 Å². The molecule has 1 aliphatic heterocycles. The van der Waals surface area contributed by atoms with Crippen LogP contribution in [0.2, 0.25) is 0 Å². The maximum absolute atomic E-state index is 11.6. The van der Waals surface area contributed by atoms with Gasteiger partial charge < -0.3 is 5.11 Å². The van der Waals surface area contributed by atoms with Crippen LogP contribution in [0, 0.1) is 22.7 Å². The van der Waals surface area contributed by atoms with Gasteiger partial charge >= 0.3 is 5.97 Å². The highest BCUT2D eigenvalue weighted by atomic mass is 16.4. The molecule has 0 radical (unpaired) electrons. The SMILES string of the molecule is CC(C)(C#N)CCCN1C(C(=O)O)CCC2CCCCC21. The van der Waals surface area contributed by atoms with Crippen molar-refractivity contribution in [1.82, 2.24) is 4.90 Å². The van der Waals surface area contributed by atoms with Gasteiger partial charge in [0.25, 0.3) is 0 Å². The average molecular weight is 292 g/mol. The molecule has 0 spiro atoms. The Kier molecular flexibility index (Phi) is 5.27. The van der Waals surface area contributed by atoms with Gasteiger partial charge in [-0.1, -0.05) is 12.8 Å². The van der Waals surface area contributed by atoms with E-state index in [0.29, 0.717) is 12.0 Å². The number of fused-ring (bicyclic) bond motifs is 1. The Morgan fingerprint density at radius 3 is 2.67 bits per heavy atom. The average Bonchev–Trinajstić information content (AvgIpc) is 2.47. The molecule has 2 rings (SSSR count). The molecule has 1 N–H and O–H groups in total. The maximum Gasteiger partial charge on any atom is 0.320 e. The van der Waals surface area contributed by atoms with Crippen LogP contribution < -0.4 is 0 Å². The molecule has 21 heavy (non-hydrogen) atoms. The zero-order valence-electron chi connectivity index (χ0n) is 13.3. The molecule has 0 amide bonds. The lowest BCUT2D eigenvalue weighted by atomic mass is 9.76. The van der Waals surface area contributed by atoms with Gasteiger partial charge in [-0.25, -0.2) is 0 Å². The van der Waals surface area contributed by atoms with Gasteiger partial charge in [-0.2, -0.15) is 5.26 Å². The molecule has 0 aromatic rings. The molecule has 2 fully saturated rings. The topological polar surface area (TPSA) is 64.3 Å². The highest BCUT2D eigenvalue weighted by molar-refractivity contribution is 5.73. The number of carboxylic acids is 1. The molecule has 1 heterocycles. The Morgan fingerprint density at radius 2 is 2.00 bits per heavy atom. The largest absolute Gasteiger partial charge is 0.480 e. The molecule has 4 nitrogen and oxygen atoms in total. The lowest BCUT2D eigenvalue weighted by Gasteiger charge is -2.47. The fourth-order valence-corrected chi connectivity index (χ4v) is 4.08. The number of rotatable bonds is 5. The normalized spacial score (nSPS) is 30.4. The van der Waals surface area contributed by atoms with Crippen molar-refractivity contribution in [2.75, 3.05) is 6.54 Å². The van der Waals surface area contributed by atoms with Gasteiger partial charge in [0.1, 0.15) is 6.04 Å². The number of piperidine rings is 1. The van der Waals surface area contributed by atoms with Crippen LogP contribution in [0.3, 0.4) is 0 Å². The van der Waals surface area contributed by atoms with Crippen molar-refractivity contribution in [3.05, 3.63) is 0 Å². The van der Waals surface area contributed by atoms with Crippen LogP contribution in [0.15, 0.2) is 0 Å². The summed E-state index contributed by atoms with van der Waals surface area (Å²) in [5, 5.41) is 18.6. The zero-order valence-corrected chi connectivity index (χ0v) is 13.3. The third-order valence-corrected chi connectivity index (χ3v) is 5.31. The van der Waals surface area contributed by atoms with Gasteiger partial charge in [0.15, 0.2) is 0 Å². The first-order chi connectivity index (χ1) is 9.94. The number of carbonyl (C=O) groups is 1. The van der Waals surface area contributed by atoms with Crippen LogP contribution in [-0.2, 0) is 4.79 Å². The third kappa shape index (κ3) is 3.97. The van der Waals surface area contributed by atoms with Crippen LogP contribution in [0.5, 0.6) is 0 Å². The second-order valence-electron chi connectivity index (χ2n) is 7.38. The Balaban J connectivity index is 2.00. The number of hydrogen-bond donors (Lipinski definition) is 1. The molecule has 3 unspecified atom stereocenters. The molecule has 1 aliphatic carbocycles. The number of carboxylic acid groups (broad SMARTS) is 1. The van der Waals surface area contributed by atoms with Gasteiger partial charge in [0.05, 0.1) is 11.5 Å². The monoisotopic (exact) mass is 292 g/mol. The second-order valence-corrected chi connectivity index (χ2v) is 7.38. The molecule has 3 atom stereocenters. The molecule has 118 valence electrons. The van der Waals surface area contributed by atoms with Gasteiger partial charge in [-0.3, -0.25) is 9.69 Å². The molecule has 4 heteroatoms. The van der Waals surface area contributed by atoms with Crippen molar-refractivity contribution in [2.45, 2.75) is 77.3 Å². The van der Waals surface area contributed by atoms with E-state index >= 15 is 0 Å². The lowest BCUT2D eigenvalue weighted by molar-refractivity contribution is -0.148. The molecular formula is C17H28N2O2. The van der Waals surface area contributed by atoms with Gasteiger partial charge in [0, 0.05) is 6.04 Å². The number of aliphatic carboxylic acids is 1. The summed E-state index contributed by atoms with van der Waals surface area (Å²) in [5.41, 5.74) is -0.305. The molecule has 2 aliphatic rings. The highest BCUT2D eigenvalue weighted by Crippen LogP contribution is 2.38. The lowest BCUT2D eigenvalue weighted by Crippen LogP contribution is -2.55. The summed E-state index contributed by atoms with van der Waals surface area (Å²) >= 11 is 0. The van der Waals surface area contributed by atoms with Crippen LogP contribution in [0.1, 0.15) is 65.2 Å². The zero-order chi connectivity index (χ0) is 15.5. The summed E-state index contributed by atoms with van der Waals surface area (Å²) < 4.78 is 0. The van der Waals surface area contributed by atoms with Crippen LogP contribution in [-0.4, -0.2) is 34.6 Å². The van der Waals surface area contributed by atoms with Crippen molar-refractivity contribution >= 4 is 5.97 Å². The summed E-state index contributed by atoms with van der Waals surface area (Å²) in [6, 6.07) is 2.48. The predicted molar refractivity (Wildman–Crippen MR) is 81.7 cm³/mol. The van der Waals surface area contributed by atoms with Crippen molar-refractivity contribution in [3.63, 3.8) is 0 Å². The van der Waals surface area contributed by atoms with Crippen LogP contribution in [0.4, 0.5) is 0 Å². The Hall–Kier alpha value is -1.08. The minimum absolute atomic E-state index is 0.305. The first kappa shape index (κ1) is 16.3. The quantitative estimate of drug-likeness (QED) is 0.843. The van der Waals surface area contributed by atoms with Gasteiger partial charge in [-0.15, -0.1) is 0 Å². The predicted octanol–water partition coefficient (Wildman–Crippen LogP) is 3.42. The molecule has 1 saturated heterocycles. The molecule has 0 bridgehead atoms. The minimum Gasteiger partial charge on any atom is -0.480 e. The van der Waals surface area contributed by atoms with E-state index in [1.54, 1.807) is 0 Å². The number of nitriles is 1. The van der Waals surface area contributed by atoms with E-state index in [-0.39, 0.29) is 11.5 Å². The van der Waals surface area contributed by atoms with E-state index < -0.39 is 5.97 Å². The van der Waals surface area contributed by atoms with Crippen molar-refractivity contribution in [2.24, 2.45) is 11.3 Å². The summed E-state index contributed by atoms with van der Waals surface area (Å²) in [6.45, 7) is 4.74. The van der Waals surface area contributed by atoms with Crippen LogP contribution >= 0.6 is 0 Å². The van der Waals surface area contributed by atoms with E-state index in [1.165, 1.54) is 19.3 Å². The van der Waals surface area contributed by atoms with E-state index in [9.17, 15) is 9.90 Å². The van der Waals surface area contributed by atoms with Crippen molar-refractivity contribution in [1.29, 1.82) is 5.26 Å². The minimum atomic E-state index is -0.668. The fraction of sp³-hybridized carbons (Fsp3) is 0.882. The number of hydrogen-bond acceptors (Lipinski definition) is 3. The van der Waals surface area contributed by atoms with E-state index in [4.69, 9.17) is 5.26 Å². The second kappa shape index (κ2) is 6.79. The molecule has 0 aromatic heterocycles. The van der Waals surface area contributed by atoms with Crippen LogP contribution in [0.25, 0.3) is 0 Å². The standard InChI is InChI=1S/C17H28N2O2/c1-17(2,12-18)10-5-11-19-14-7-4-3-6-13(14)8-9-15(19)16(20)21/h13-15H,3-11H2,1-2H3,(H,20,21). The molecule has 1 saturated carbocycles. The van der Waals surface area contributed by atoms with E-state index in [1.807, 2.05) is 13.8 Å². The first-order valence-electron chi connectivity index (χ1n) is 8.34. The van der Waals surface area contributed by atoms with Gasteiger partial charge in [0.2, 0.25) is 0 Å². The van der Waals surface area contributed by atoms with E-state index in [0.717, 1.165) is 38.6 Å². The number of nitrogens with zero attached hydrogens (tertiary/aromatic N) is 2. The molecular weight excluding hydrogens is 264 g/mol. The summed E-state index contributed by atoms with van der Waals surface area (Å²) in [6.07, 6.45) is 8.55. The summed E-state index contributed by atoms with van der Waals surface area (Å²) in [4.78, 5) is 13.8. The van der Waals surface area contributed by atoms with Crippen molar-refractivity contribution < 1.29 is 9.90 Å². The molecule has 0 aromatic carbocycles. The fourth-order valence-electron chi connectivity index (χ4n) is 4.08. The highest BCUT2D eigenvalue weighted by Gasteiger charge is 2.40. The third-order valence-electron chi connectivity index (χ3n) is 5.31. The van der Waals surface area contributed by atoms with Crippen molar-refractivity contribution in [3.8, 4) is 6.07 Å². The summed E-state index contributed by atoms with van der Waals surface area (Å²) in [7, 11) is 0. The Morgan fingerprint density at radius 1 is 1.29 bits per heavy atom. The van der Waals surface area contributed by atoms with Gasteiger partial charge in [-0.05, 0) is 64.8 Å². The maximum atomic E-state index is 11.6. The Bertz CT molecular complexity index is 414. The summed E-state index contributed by atoms with van der Waals surface area (Å²) in [5.74, 6) is 0.0249.